The third kappa shape index (κ3) is 2.83. The fourth-order valence-electron chi connectivity index (χ4n) is 4.03. The minimum Gasteiger partial charge on any atom is -0.491 e. The summed E-state index contributed by atoms with van der Waals surface area (Å²) >= 11 is 0. The van der Waals surface area contributed by atoms with Crippen LogP contribution in [0.5, 0.6) is 5.75 Å². The van der Waals surface area contributed by atoms with Gasteiger partial charge in [0, 0.05) is 24.1 Å². The van der Waals surface area contributed by atoms with Crippen molar-refractivity contribution in [2.45, 2.75) is 37.8 Å². The molecule has 0 radical (unpaired) electrons. The number of halogens is 2. The summed E-state index contributed by atoms with van der Waals surface area (Å²) < 4.78 is 34.7. The molecule has 2 atom stereocenters. The highest BCUT2D eigenvalue weighted by Crippen LogP contribution is 2.45. The van der Waals surface area contributed by atoms with Gasteiger partial charge in [-0.1, -0.05) is 6.07 Å². The van der Waals surface area contributed by atoms with Gasteiger partial charge >= 0.3 is 0 Å². The molecule has 5 rings (SSSR count). The molecule has 1 aromatic carbocycles. The van der Waals surface area contributed by atoms with Crippen molar-refractivity contribution in [1.82, 2.24) is 15.3 Å². The Kier molecular flexibility index (Phi) is 3.99. The summed E-state index contributed by atoms with van der Waals surface area (Å²) in [6, 6.07) is 4.76. The lowest BCUT2D eigenvalue weighted by Crippen LogP contribution is -2.59. The maximum atomic E-state index is 14.5. The zero-order valence-corrected chi connectivity index (χ0v) is 15.8. The summed E-state index contributed by atoms with van der Waals surface area (Å²) in [5.74, 6) is -2.65. The number of ether oxygens (including phenoxy) is 1. The van der Waals surface area contributed by atoms with Crippen LogP contribution >= 0.6 is 0 Å². The third-order valence-corrected chi connectivity index (χ3v) is 5.86. The van der Waals surface area contributed by atoms with Crippen molar-refractivity contribution in [2.75, 3.05) is 24.6 Å². The molecule has 1 fully saturated rings. The highest BCUT2D eigenvalue weighted by molar-refractivity contribution is 5.98. The van der Waals surface area contributed by atoms with Gasteiger partial charge in [-0.3, -0.25) is 4.79 Å². The van der Waals surface area contributed by atoms with E-state index in [0.29, 0.717) is 47.8 Å². The second-order valence-electron chi connectivity index (χ2n) is 7.68. The number of benzene rings is 1. The summed E-state index contributed by atoms with van der Waals surface area (Å²) in [6.45, 7) is 2.84. The molecule has 2 N–H and O–H groups in total. The molecule has 1 aliphatic carbocycles. The lowest BCUT2D eigenvalue weighted by molar-refractivity contribution is -0.00603. The number of anilines is 1. The van der Waals surface area contributed by atoms with Crippen molar-refractivity contribution in [3.8, 4) is 17.0 Å². The van der Waals surface area contributed by atoms with Crippen molar-refractivity contribution in [3.05, 3.63) is 35.0 Å². The van der Waals surface area contributed by atoms with E-state index in [1.54, 1.807) is 30.0 Å². The fourth-order valence-corrected chi connectivity index (χ4v) is 4.03. The maximum absolute atomic E-state index is 14.5. The molecule has 7 nitrogen and oxygen atoms in total. The van der Waals surface area contributed by atoms with E-state index in [9.17, 15) is 18.7 Å². The van der Waals surface area contributed by atoms with E-state index in [1.807, 2.05) is 0 Å². The second kappa shape index (κ2) is 6.35. The summed E-state index contributed by atoms with van der Waals surface area (Å²) in [7, 11) is 0. The molecule has 0 spiro atoms. The number of nitrogens with one attached hydrogen (secondary N) is 1. The van der Waals surface area contributed by atoms with Crippen LogP contribution in [-0.2, 0) is 12.3 Å². The van der Waals surface area contributed by atoms with Gasteiger partial charge < -0.3 is 20.1 Å². The average Bonchev–Trinajstić information content (AvgIpc) is 2.90. The second-order valence-corrected chi connectivity index (χ2v) is 7.68. The zero-order chi connectivity index (χ0) is 20.3. The number of aromatic nitrogens is 2. The number of fused-ring (bicyclic) bond motifs is 2. The van der Waals surface area contributed by atoms with E-state index in [0.717, 1.165) is 0 Å². The molecule has 0 saturated carbocycles. The topological polar surface area (TPSA) is 87.6 Å². The molecule has 3 aliphatic rings. The highest BCUT2D eigenvalue weighted by atomic mass is 19.3. The molecule has 1 aromatic heterocycles. The van der Waals surface area contributed by atoms with E-state index in [1.165, 1.54) is 0 Å². The minimum atomic E-state index is -3.02. The van der Waals surface area contributed by atoms with Gasteiger partial charge in [-0.05, 0) is 25.5 Å². The monoisotopic (exact) mass is 402 g/mol. The van der Waals surface area contributed by atoms with Crippen molar-refractivity contribution in [2.24, 2.45) is 0 Å². The first-order valence-corrected chi connectivity index (χ1v) is 9.64. The minimum absolute atomic E-state index is 0.175. The van der Waals surface area contributed by atoms with Gasteiger partial charge in [-0.15, -0.1) is 0 Å². The van der Waals surface area contributed by atoms with Crippen LogP contribution in [0.4, 0.5) is 14.7 Å². The molecule has 1 amide bonds. The SMILES string of the molecule is C[C@H]1[C@H](O)CN1c1nc(-c2ccc3c(c2)OCCNC3=O)c2c(n1)C(F)(F)CC2. The van der Waals surface area contributed by atoms with Crippen LogP contribution in [0.3, 0.4) is 0 Å². The van der Waals surface area contributed by atoms with Crippen molar-refractivity contribution < 1.29 is 23.4 Å². The van der Waals surface area contributed by atoms with Gasteiger partial charge in [-0.2, -0.15) is 8.78 Å². The van der Waals surface area contributed by atoms with Crippen LogP contribution in [0.25, 0.3) is 11.3 Å². The summed E-state index contributed by atoms with van der Waals surface area (Å²) in [6.07, 6.45) is -0.667. The largest absolute Gasteiger partial charge is 0.491 e. The number of alkyl halides is 2. The van der Waals surface area contributed by atoms with Crippen LogP contribution in [0.15, 0.2) is 18.2 Å². The first-order chi connectivity index (χ1) is 13.8. The van der Waals surface area contributed by atoms with E-state index in [4.69, 9.17) is 4.74 Å². The number of aliphatic hydroxyl groups excluding tert-OH is 1. The predicted molar refractivity (Wildman–Crippen MR) is 100 cm³/mol. The Hall–Kier alpha value is -2.81. The third-order valence-electron chi connectivity index (χ3n) is 5.86. The molecule has 2 aromatic rings. The number of hydrogen-bond acceptors (Lipinski definition) is 6. The molecule has 2 aliphatic heterocycles. The van der Waals surface area contributed by atoms with E-state index >= 15 is 0 Å². The Morgan fingerprint density at radius 2 is 2.17 bits per heavy atom. The Morgan fingerprint density at radius 1 is 1.34 bits per heavy atom. The standard InChI is InChI=1S/C20H20F2N4O3/c1-10-14(27)9-26(10)19-24-16(13-4-5-20(21,22)17(13)25-19)11-2-3-12-15(8-11)29-7-6-23-18(12)28/h2-3,8,10,14,27H,4-7,9H2,1H3,(H,23,28)/t10-,14+/m0/s1. The van der Waals surface area contributed by atoms with E-state index in [2.05, 4.69) is 15.3 Å². The maximum Gasteiger partial charge on any atom is 0.290 e. The quantitative estimate of drug-likeness (QED) is 0.798. The lowest BCUT2D eigenvalue weighted by atomic mass is 10.0. The van der Waals surface area contributed by atoms with Crippen molar-refractivity contribution in [3.63, 3.8) is 0 Å². The summed E-state index contributed by atoms with van der Waals surface area (Å²) in [4.78, 5) is 22.6. The summed E-state index contributed by atoms with van der Waals surface area (Å²) in [5, 5.41) is 12.6. The van der Waals surface area contributed by atoms with Gasteiger partial charge in [0.05, 0.1) is 29.9 Å². The van der Waals surface area contributed by atoms with E-state index < -0.39 is 12.0 Å². The lowest BCUT2D eigenvalue weighted by Gasteiger charge is -2.43. The van der Waals surface area contributed by atoms with Gasteiger partial charge in [0.2, 0.25) is 5.95 Å². The molecule has 152 valence electrons. The van der Waals surface area contributed by atoms with Gasteiger partial charge in [0.15, 0.2) is 0 Å². The van der Waals surface area contributed by atoms with Crippen LogP contribution in [0.2, 0.25) is 0 Å². The Bertz CT molecular complexity index is 1010. The fraction of sp³-hybridized carbons (Fsp3) is 0.450. The first kappa shape index (κ1) is 18.2. The predicted octanol–water partition coefficient (Wildman–Crippen LogP) is 1.87. The average molecular weight is 402 g/mol. The normalized spacial score (nSPS) is 24.7. The Labute approximate surface area is 165 Å². The molecule has 0 bridgehead atoms. The number of carbonyl (C=O) groups excluding carboxylic acids is 1. The number of aliphatic hydroxyl groups is 1. The van der Waals surface area contributed by atoms with E-state index in [-0.39, 0.29) is 36.4 Å². The Balaban J connectivity index is 1.64. The molecular weight excluding hydrogens is 382 g/mol. The molecule has 1 saturated heterocycles. The highest BCUT2D eigenvalue weighted by Gasteiger charge is 2.45. The number of β-amino-alcohol motifs (C(OH)–C–C–N with tert-alkyl or cyclic N) is 1. The number of rotatable bonds is 2. The van der Waals surface area contributed by atoms with Crippen LogP contribution < -0.4 is 15.0 Å². The van der Waals surface area contributed by atoms with Crippen LogP contribution in [-0.4, -0.2) is 52.8 Å². The number of hydrogen-bond donors (Lipinski definition) is 2. The Morgan fingerprint density at radius 3 is 2.93 bits per heavy atom. The molecule has 0 unspecified atom stereocenters. The van der Waals surface area contributed by atoms with Crippen molar-refractivity contribution in [1.29, 1.82) is 0 Å². The first-order valence-electron chi connectivity index (χ1n) is 9.64. The summed E-state index contributed by atoms with van der Waals surface area (Å²) in [5.41, 5.74) is 1.60. The molecule has 3 heterocycles. The molecule has 9 heteroatoms. The van der Waals surface area contributed by atoms with Crippen LogP contribution in [0.1, 0.15) is 35.0 Å². The van der Waals surface area contributed by atoms with Gasteiger partial charge in [-0.25, -0.2) is 9.97 Å². The van der Waals surface area contributed by atoms with Gasteiger partial charge in [0.25, 0.3) is 11.8 Å². The number of carbonyl (C=O) groups is 1. The molecular formula is C20H20F2N4O3. The van der Waals surface area contributed by atoms with Crippen LogP contribution in [0, 0.1) is 0 Å². The number of nitrogens with zero attached hydrogens (tertiary/aromatic N) is 3. The smallest absolute Gasteiger partial charge is 0.290 e. The number of amides is 1. The van der Waals surface area contributed by atoms with Gasteiger partial charge in [0.1, 0.15) is 18.1 Å². The zero-order valence-electron chi connectivity index (χ0n) is 15.8. The molecule has 29 heavy (non-hydrogen) atoms. The van der Waals surface area contributed by atoms with Crippen molar-refractivity contribution >= 4 is 11.9 Å².